The smallest absolute Gasteiger partial charge is 0.336 e. The van der Waals surface area contributed by atoms with Gasteiger partial charge in [0.2, 0.25) is 0 Å². The number of benzene rings is 2. The fourth-order valence-corrected chi connectivity index (χ4v) is 1.87. The molecule has 21 heavy (non-hydrogen) atoms. The lowest BCUT2D eigenvalue weighted by atomic mass is 10.1. The van der Waals surface area contributed by atoms with Gasteiger partial charge in [-0.1, -0.05) is 48.5 Å². The second kappa shape index (κ2) is 7.29. The average Bonchev–Trinajstić information content (AvgIpc) is 2.54. The van der Waals surface area contributed by atoms with E-state index in [1.165, 1.54) is 6.26 Å². The third-order valence-corrected chi connectivity index (χ3v) is 2.93. The predicted molar refractivity (Wildman–Crippen MR) is 82.9 cm³/mol. The van der Waals surface area contributed by atoms with E-state index in [1.54, 1.807) is 13.8 Å². The molecular formula is C18H18O3. The lowest BCUT2D eigenvalue weighted by molar-refractivity contribution is -0.138. The Kier molecular flexibility index (Phi) is 5.16. The van der Waals surface area contributed by atoms with Gasteiger partial charge in [0, 0.05) is 5.56 Å². The number of carbonyl (C=O) groups is 1. The molecule has 2 aromatic carbocycles. The van der Waals surface area contributed by atoms with E-state index in [2.05, 4.69) is 0 Å². The molecule has 0 aliphatic carbocycles. The van der Waals surface area contributed by atoms with E-state index in [-0.39, 0.29) is 5.97 Å². The van der Waals surface area contributed by atoms with Crippen molar-refractivity contribution in [1.82, 2.24) is 0 Å². The summed E-state index contributed by atoms with van der Waals surface area (Å²) in [6, 6.07) is 17.7. The Labute approximate surface area is 124 Å². The Hall–Kier alpha value is -2.55. The van der Waals surface area contributed by atoms with Gasteiger partial charge in [-0.3, -0.25) is 0 Å². The molecule has 0 radical (unpaired) electrons. The van der Waals surface area contributed by atoms with Crippen LogP contribution in [0.1, 0.15) is 13.8 Å². The molecule has 2 rings (SSSR count). The molecule has 0 bridgehead atoms. The van der Waals surface area contributed by atoms with Crippen molar-refractivity contribution in [2.24, 2.45) is 0 Å². The molecule has 3 heteroatoms. The van der Waals surface area contributed by atoms with Crippen molar-refractivity contribution in [1.29, 1.82) is 0 Å². The van der Waals surface area contributed by atoms with Crippen LogP contribution >= 0.6 is 0 Å². The van der Waals surface area contributed by atoms with Crippen molar-refractivity contribution in [2.45, 2.75) is 13.8 Å². The van der Waals surface area contributed by atoms with Crippen LogP contribution in [0.4, 0.5) is 0 Å². The standard InChI is InChI=1S/C18H18O3/c1-3-20-18(19)14(2)13-21-17-12-8-7-11-16(17)15-9-5-4-6-10-15/h4-13H,3H2,1-2H3/b14-13+. The molecule has 0 unspecified atom stereocenters. The fourth-order valence-electron chi connectivity index (χ4n) is 1.87. The molecule has 0 spiro atoms. The highest BCUT2D eigenvalue weighted by molar-refractivity contribution is 5.87. The molecule has 0 aliphatic heterocycles. The average molecular weight is 282 g/mol. The maximum atomic E-state index is 11.5. The van der Waals surface area contributed by atoms with E-state index in [1.807, 2.05) is 54.6 Å². The number of carbonyl (C=O) groups excluding carboxylic acids is 1. The zero-order valence-electron chi connectivity index (χ0n) is 12.2. The van der Waals surface area contributed by atoms with Gasteiger partial charge in [0.25, 0.3) is 0 Å². The number of rotatable bonds is 5. The van der Waals surface area contributed by atoms with Gasteiger partial charge < -0.3 is 9.47 Å². The number of esters is 1. The minimum Gasteiger partial charge on any atom is -0.464 e. The zero-order chi connectivity index (χ0) is 15.1. The van der Waals surface area contributed by atoms with E-state index < -0.39 is 0 Å². The van der Waals surface area contributed by atoms with Crippen LogP contribution in [-0.2, 0) is 9.53 Å². The molecule has 3 nitrogen and oxygen atoms in total. The first-order valence-corrected chi connectivity index (χ1v) is 6.87. The van der Waals surface area contributed by atoms with Gasteiger partial charge in [0.05, 0.1) is 12.2 Å². The minimum absolute atomic E-state index is 0.352. The Morgan fingerprint density at radius 3 is 2.43 bits per heavy atom. The molecule has 0 atom stereocenters. The van der Waals surface area contributed by atoms with Crippen molar-refractivity contribution in [2.75, 3.05) is 6.61 Å². The van der Waals surface area contributed by atoms with Crippen molar-refractivity contribution in [3.63, 3.8) is 0 Å². The Morgan fingerprint density at radius 2 is 1.71 bits per heavy atom. The summed E-state index contributed by atoms with van der Waals surface area (Å²) in [5, 5.41) is 0. The summed E-state index contributed by atoms with van der Waals surface area (Å²) in [6.45, 7) is 3.80. The largest absolute Gasteiger partial charge is 0.464 e. The second-order valence-corrected chi connectivity index (χ2v) is 4.50. The highest BCUT2D eigenvalue weighted by atomic mass is 16.5. The summed E-state index contributed by atoms with van der Waals surface area (Å²) in [4.78, 5) is 11.5. The number of hydrogen-bond donors (Lipinski definition) is 0. The summed E-state index contributed by atoms with van der Waals surface area (Å²) >= 11 is 0. The molecule has 108 valence electrons. The van der Waals surface area contributed by atoms with E-state index in [4.69, 9.17) is 9.47 Å². The van der Waals surface area contributed by atoms with Gasteiger partial charge in [-0.2, -0.15) is 0 Å². The van der Waals surface area contributed by atoms with Crippen LogP contribution in [-0.4, -0.2) is 12.6 Å². The lowest BCUT2D eigenvalue weighted by Crippen LogP contribution is -2.06. The van der Waals surface area contributed by atoms with Crippen molar-refractivity contribution >= 4 is 5.97 Å². The van der Waals surface area contributed by atoms with Crippen LogP contribution in [0.5, 0.6) is 5.75 Å². The van der Waals surface area contributed by atoms with Crippen LogP contribution in [0, 0.1) is 0 Å². The summed E-state index contributed by atoms with van der Waals surface area (Å²) in [5.41, 5.74) is 2.47. The molecule has 0 saturated carbocycles. The third-order valence-electron chi connectivity index (χ3n) is 2.93. The first-order chi connectivity index (χ1) is 10.2. The fraction of sp³-hybridized carbons (Fsp3) is 0.167. The molecule has 0 amide bonds. The first kappa shape index (κ1) is 14.9. The summed E-state index contributed by atoms with van der Waals surface area (Å²) in [7, 11) is 0. The van der Waals surface area contributed by atoms with E-state index in [0.717, 1.165) is 11.1 Å². The van der Waals surface area contributed by atoms with Gasteiger partial charge >= 0.3 is 5.97 Å². The second-order valence-electron chi connectivity index (χ2n) is 4.50. The van der Waals surface area contributed by atoms with Crippen LogP contribution < -0.4 is 4.74 Å². The summed E-state index contributed by atoms with van der Waals surface area (Å²) in [5.74, 6) is 0.335. The predicted octanol–water partition coefficient (Wildman–Crippen LogP) is 4.20. The summed E-state index contributed by atoms with van der Waals surface area (Å²) < 4.78 is 10.6. The highest BCUT2D eigenvalue weighted by Crippen LogP contribution is 2.29. The number of para-hydroxylation sites is 1. The molecular weight excluding hydrogens is 264 g/mol. The van der Waals surface area contributed by atoms with E-state index in [9.17, 15) is 4.79 Å². The Balaban J connectivity index is 2.22. The lowest BCUT2D eigenvalue weighted by Gasteiger charge is -2.09. The van der Waals surface area contributed by atoms with Gasteiger partial charge in [-0.25, -0.2) is 4.79 Å². The highest BCUT2D eigenvalue weighted by Gasteiger charge is 2.07. The van der Waals surface area contributed by atoms with Gasteiger partial charge in [-0.05, 0) is 25.5 Å². The van der Waals surface area contributed by atoms with Crippen molar-refractivity contribution in [3.8, 4) is 16.9 Å². The van der Waals surface area contributed by atoms with E-state index in [0.29, 0.717) is 17.9 Å². The molecule has 0 fully saturated rings. The molecule has 0 aromatic heterocycles. The number of ether oxygens (including phenoxy) is 2. The normalized spacial score (nSPS) is 11.0. The molecule has 2 aromatic rings. The topological polar surface area (TPSA) is 35.5 Å². The Bertz CT molecular complexity index is 630. The first-order valence-electron chi connectivity index (χ1n) is 6.87. The third kappa shape index (κ3) is 3.96. The maximum absolute atomic E-state index is 11.5. The minimum atomic E-state index is -0.366. The van der Waals surface area contributed by atoms with Crippen LogP contribution in [0.15, 0.2) is 66.4 Å². The molecule has 0 heterocycles. The van der Waals surface area contributed by atoms with Crippen molar-refractivity contribution in [3.05, 3.63) is 66.4 Å². The monoisotopic (exact) mass is 282 g/mol. The van der Waals surface area contributed by atoms with Gasteiger partial charge in [0.15, 0.2) is 0 Å². The summed E-state index contributed by atoms with van der Waals surface area (Å²) in [6.07, 6.45) is 1.43. The van der Waals surface area contributed by atoms with Crippen LogP contribution in [0.2, 0.25) is 0 Å². The Morgan fingerprint density at radius 1 is 1.05 bits per heavy atom. The molecule has 0 N–H and O–H groups in total. The zero-order valence-corrected chi connectivity index (χ0v) is 12.2. The van der Waals surface area contributed by atoms with Gasteiger partial charge in [-0.15, -0.1) is 0 Å². The maximum Gasteiger partial charge on any atom is 0.336 e. The molecule has 0 aliphatic rings. The quantitative estimate of drug-likeness (QED) is 0.468. The SMILES string of the molecule is CCOC(=O)/C(C)=C/Oc1ccccc1-c1ccccc1. The van der Waals surface area contributed by atoms with Crippen LogP contribution in [0.3, 0.4) is 0 Å². The molecule has 0 saturated heterocycles. The van der Waals surface area contributed by atoms with Gasteiger partial charge in [0.1, 0.15) is 12.0 Å². The van der Waals surface area contributed by atoms with Crippen LogP contribution in [0.25, 0.3) is 11.1 Å². The number of hydrogen-bond acceptors (Lipinski definition) is 3. The van der Waals surface area contributed by atoms with Crippen molar-refractivity contribution < 1.29 is 14.3 Å². The van der Waals surface area contributed by atoms with E-state index >= 15 is 0 Å².